The Hall–Kier alpha value is -1.27. The van der Waals surface area contributed by atoms with Gasteiger partial charge in [0.1, 0.15) is 11.9 Å². The minimum absolute atomic E-state index is 0.496. The van der Waals surface area contributed by atoms with Crippen molar-refractivity contribution in [3.63, 3.8) is 0 Å². The topological polar surface area (TPSA) is 88.7 Å². The molecule has 6 nitrogen and oxygen atoms in total. The second-order valence-electron chi connectivity index (χ2n) is 2.90. The summed E-state index contributed by atoms with van der Waals surface area (Å²) in [6.07, 6.45) is 3.78. The van der Waals surface area contributed by atoms with Gasteiger partial charge in [-0.05, 0) is 12.5 Å². The minimum Gasteiger partial charge on any atom is -0.372 e. The van der Waals surface area contributed by atoms with E-state index in [-0.39, 0.29) is 0 Å². The Morgan fingerprint density at radius 3 is 3.20 bits per heavy atom. The third kappa shape index (κ3) is 3.41. The highest BCUT2D eigenvalue weighted by Crippen LogP contribution is 2.03. The fraction of sp³-hybridized carbons (Fsp3) is 0.500. The summed E-state index contributed by atoms with van der Waals surface area (Å²) in [6.45, 7) is 1.84. The lowest BCUT2D eigenvalue weighted by atomic mass is 10.2. The van der Waals surface area contributed by atoms with E-state index in [9.17, 15) is 4.79 Å². The number of carbonyl (C=O) groups is 1. The number of nitrogens with zero attached hydrogens (tertiary/aromatic N) is 1. The first-order chi connectivity index (χ1) is 7.17. The van der Waals surface area contributed by atoms with Crippen LogP contribution in [0.4, 0.5) is 0 Å². The van der Waals surface area contributed by atoms with Gasteiger partial charge in [-0.3, -0.25) is 4.99 Å². The van der Waals surface area contributed by atoms with Crippen LogP contribution in [0.2, 0.25) is 0 Å². The van der Waals surface area contributed by atoms with Crippen molar-refractivity contribution >= 4 is 23.8 Å². The molecule has 0 amide bonds. The zero-order valence-corrected chi connectivity index (χ0v) is 8.99. The lowest BCUT2D eigenvalue weighted by Crippen LogP contribution is -2.43. The molecule has 7 heteroatoms. The van der Waals surface area contributed by atoms with Gasteiger partial charge in [0.15, 0.2) is 5.62 Å². The number of allylic oxidation sites excluding steroid dienone is 1. The predicted molar refractivity (Wildman–Crippen MR) is 56.8 cm³/mol. The molecular weight excluding hydrogens is 220 g/mol. The van der Waals surface area contributed by atoms with E-state index in [2.05, 4.69) is 20.5 Å². The molecule has 0 radical (unpaired) electrons. The third-order valence-electron chi connectivity index (χ3n) is 1.87. The molecule has 4 N–H and O–H groups in total. The Balaban J connectivity index is 2.55. The highest BCUT2D eigenvalue weighted by atomic mass is 35.5. The highest BCUT2D eigenvalue weighted by Gasteiger charge is 2.19. The van der Waals surface area contributed by atoms with Gasteiger partial charge in [-0.1, -0.05) is 18.5 Å². The Labute approximate surface area is 92.5 Å². The molecule has 0 aromatic rings. The van der Waals surface area contributed by atoms with Gasteiger partial charge in [-0.15, -0.1) is 0 Å². The molecule has 1 aliphatic heterocycles. The fourth-order valence-electron chi connectivity index (χ4n) is 1.09. The molecule has 1 heterocycles. The molecule has 0 aliphatic carbocycles. The lowest BCUT2D eigenvalue weighted by Gasteiger charge is -2.21. The number of alkyl halides is 1. The molecule has 1 rings (SSSR count). The van der Waals surface area contributed by atoms with Crippen LogP contribution in [0.3, 0.4) is 0 Å². The molecule has 1 unspecified atom stereocenters. The van der Waals surface area contributed by atoms with Gasteiger partial charge in [-0.2, -0.15) is 5.90 Å². The first kappa shape index (κ1) is 11.8. The molecule has 0 aromatic carbocycles. The Morgan fingerprint density at radius 2 is 2.67 bits per heavy atom. The van der Waals surface area contributed by atoms with Crippen molar-refractivity contribution in [2.45, 2.75) is 25.0 Å². The number of carbonyl (C=O) groups excluding carboxylic acids is 1. The van der Waals surface area contributed by atoms with E-state index in [0.717, 1.165) is 0 Å². The van der Waals surface area contributed by atoms with Crippen LogP contribution in [0, 0.1) is 0 Å². The van der Waals surface area contributed by atoms with Crippen LogP contribution in [0.15, 0.2) is 16.9 Å². The average Bonchev–Trinajstić information content (AvgIpc) is 2.25. The monoisotopic (exact) mass is 232 g/mol. The zero-order chi connectivity index (χ0) is 11.3. The van der Waals surface area contributed by atoms with Crippen LogP contribution in [-0.2, 0) is 9.63 Å². The molecule has 0 saturated heterocycles. The molecule has 0 spiro atoms. The number of nitrogens with two attached hydrogens (primary N) is 1. The number of nitrogens with one attached hydrogen (secondary N) is 2. The Morgan fingerprint density at radius 1 is 1.93 bits per heavy atom. The summed E-state index contributed by atoms with van der Waals surface area (Å²) in [5, 5.41) is 5.74. The predicted octanol–water partition coefficient (Wildman–Crippen LogP) is -0.191. The lowest BCUT2D eigenvalue weighted by molar-refractivity contribution is -0.146. The van der Waals surface area contributed by atoms with E-state index >= 15 is 0 Å². The summed E-state index contributed by atoms with van der Waals surface area (Å²) in [6, 6.07) is -0.496. The second kappa shape index (κ2) is 5.57. The summed E-state index contributed by atoms with van der Waals surface area (Å²) < 4.78 is 0. The van der Waals surface area contributed by atoms with Crippen LogP contribution >= 0.6 is 11.6 Å². The highest BCUT2D eigenvalue weighted by molar-refractivity contribution is 6.20. The first-order valence-corrected chi connectivity index (χ1v) is 4.92. The van der Waals surface area contributed by atoms with Gasteiger partial charge in [0.2, 0.25) is 0 Å². The van der Waals surface area contributed by atoms with Crippen LogP contribution in [0.25, 0.3) is 0 Å². The van der Waals surface area contributed by atoms with Gasteiger partial charge in [0.05, 0.1) is 0 Å². The molecule has 1 aliphatic rings. The van der Waals surface area contributed by atoms with E-state index in [0.29, 0.717) is 12.2 Å². The van der Waals surface area contributed by atoms with Crippen molar-refractivity contribution < 1.29 is 9.63 Å². The van der Waals surface area contributed by atoms with Crippen LogP contribution in [-0.4, -0.2) is 23.9 Å². The van der Waals surface area contributed by atoms with E-state index in [4.69, 9.17) is 17.5 Å². The van der Waals surface area contributed by atoms with Crippen molar-refractivity contribution in [2.24, 2.45) is 10.9 Å². The van der Waals surface area contributed by atoms with Crippen LogP contribution in [0.5, 0.6) is 0 Å². The Bertz CT molecular complexity index is 292. The number of hydrogen-bond acceptors (Lipinski definition) is 6. The molecular formula is C8H13ClN4O2. The summed E-state index contributed by atoms with van der Waals surface area (Å²) >= 11 is 5.72. The van der Waals surface area contributed by atoms with Gasteiger partial charge >= 0.3 is 5.97 Å². The fourth-order valence-corrected chi connectivity index (χ4v) is 1.28. The van der Waals surface area contributed by atoms with Gasteiger partial charge < -0.3 is 15.5 Å². The smallest absolute Gasteiger partial charge is 0.347 e. The maximum atomic E-state index is 11.2. The molecule has 84 valence electrons. The third-order valence-corrected chi connectivity index (χ3v) is 2.09. The van der Waals surface area contributed by atoms with Gasteiger partial charge in [-0.25, -0.2) is 4.79 Å². The summed E-state index contributed by atoms with van der Waals surface area (Å²) in [5.74, 6) is 4.89. The first-order valence-electron chi connectivity index (χ1n) is 4.48. The molecule has 0 aromatic heterocycles. The second-order valence-corrected chi connectivity index (χ2v) is 3.31. The van der Waals surface area contributed by atoms with E-state index in [1.165, 1.54) is 0 Å². The minimum atomic E-state index is -0.524. The molecule has 2 atom stereocenters. The standard InChI is InChI=1S/C8H13ClN4O2/c1-2-5(7(14)15-10)12-6-3-4-11-8(9)13-6/h3-5,8,12-13H,2,10H2,1H3/t5-,8?/m1/s1. The van der Waals surface area contributed by atoms with E-state index < -0.39 is 17.6 Å². The summed E-state index contributed by atoms with van der Waals surface area (Å²) in [7, 11) is 0. The number of aliphatic imine (C=N–C) groups is 1. The van der Waals surface area contributed by atoms with Crippen molar-refractivity contribution in [2.75, 3.05) is 0 Å². The maximum absolute atomic E-state index is 11.2. The van der Waals surface area contributed by atoms with Gasteiger partial charge in [0, 0.05) is 6.21 Å². The van der Waals surface area contributed by atoms with Crippen molar-refractivity contribution in [1.29, 1.82) is 0 Å². The SMILES string of the molecule is CC[C@@H](NC1=CC=NC(Cl)N1)C(=O)ON. The van der Waals surface area contributed by atoms with E-state index in [1.807, 2.05) is 6.92 Å². The Kier molecular flexibility index (Phi) is 4.38. The zero-order valence-electron chi connectivity index (χ0n) is 8.24. The van der Waals surface area contributed by atoms with Crippen molar-refractivity contribution in [3.05, 3.63) is 11.9 Å². The van der Waals surface area contributed by atoms with E-state index in [1.54, 1.807) is 12.3 Å². The average molecular weight is 233 g/mol. The largest absolute Gasteiger partial charge is 0.372 e. The number of rotatable bonds is 4. The molecule has 0 saturated carbocycles. The van der Waals surface area contributed by atoms with Crippen molar-refractivity contribution in [3.8, 4) is 0 Å². The molecule has 15 heavy (non-hydrogen) atoms. The number of halogens is 1. The molecule has 0 fully saturated rings. The summed E-state index contributed by atoms with van der Waals surface area (Å²) in [5.41, 5.74) is -0.524. The quantitative estimate of drug-likeness (QED) is 0.355. The van der Waals surface area contributed by atoms with Crippen LogP contribution < -0.4 is 16.5 Å². The van der Waals surface area contributed by atoms with Crippen LogP contribution in [0.1, 0.15) is 13.3 Å². The summed E-state index contributed by atoms with van der Waals surface area (Å²) in [4.78, 5) is 19.2. The van der Waals surface area contributed by atoms with Gasteiger partial charge in [0.25, 0.3) is 0 Å². The molecule has 0 bridgehead atoms. The number of hydrogen-bond donors (Lipinski definition) is 3. The maximum Gasteiger partial charge on any atom is 0.347 e. The van der Waals surface area contributed by atoms with Crippen molar-refractivity contribution in [1.82, 2.24) is 10.6 Å². The normalized spacial score (nSPS) is 21.3.